The second-order valence-electron chi connectivity index (χ2n) is 6.22. The van der Waals surface area contributed by atoms with Crippen molar-refractivity contribution >= 4 is 0 Å². The van der Waals surface area contributed by atoms with Crippen LogP contribution in [0.4, 0.5) is 0 Å². The van der Waals surface area contributed by atoms with Gasteiger partial charge in [-0.05, 0) is 59.1 Å². The summed E-state index contributed by atoms with van der Waals surface area (Å²) in [4.78, 5) is 0. The maximum atomic E-state index is 2.35. The molecule has 108 valence electrons. The van der Waals surface area contributed by atoms with Gasteiger partial charge in [-0.1, -0.05) is 72.8 Å². The number of fused-ring (bicyclic) bond motifs is 4. The number of rotatable bonds is 0. The Morgan fingerprint density at radius 2 is 0.818 bits per heavy atom. The summed E-state index contributed by atoms with van der Waals surface area (Å²) in [5, 5.41) is 0. The topological polar surface area (TPSA) is 0 Å². The number of hydrogen-bond acceptors (Lipinski definition) is 0. The summed E-state index contributed by atoms with van der Waals surface area (Å²) in [5.74, 6) is 0. The van der Waals surface area contributed by atoms with Crippen molar-refractivity contribution in [3.63, 3.8) is 0 Å². The summed E-state index contributed by atoms with van der Waals surface area (Å²) in [7, 11) is 0. The molecule has 0 nitrogen and oxygen atoms in total. The van der Waals surface area contributed by atoms with E-state index < -0.39 is 0 Å². The Labute approximate surface area is 132 Å². The van der Waals surface area contributed by atoms with E-state index in [-0.39, 0.29) is 0 Å². The molecule has 0 radical (unpaired) electrons. The summed E-state index contributed by atoms with van der Waals surface area (Å²) in [6, 6.07) is 27.2. The Bertz CT molecular complexity index is 713. The second-order valence-corrected chi connectivity index (χ2v) is 6.22. The molecule has 0 saturated carbocycles. The lowest BCUT2D eigenvalue weighted by Gasteiger charge is -2.10. The summed E-state index contributed by atoms with van der Waals surface area (Å²) in [6.07, 6.45) is 4.44. The molecule has 0 N–H and O–H groups in total. The summed E-state index contributed by atoms with van der Waals surface area (Å²) < 4.78 is 0. The molecule has 6 bridgehead atoms. The van der Waals surface area contributed by atoms with Crippen LogP contribution in [0.15, 0.2) is 72.8 Å². The van der Waals surface area contributed by atoms with E-state index in [2.05, 4.69) is 72.8 Å². The van der Waals surface area contributed by atoms with E-state index >= 15 is 0 Å². The van der Waals surface area contributed by atoms with Crippen molar-refractivity contribution < 1.29 is 0 Å². The molecule has 0 fully saturated rings. The van der Waals surface area contributed by atoms with Crippen LogP contribution in [0.25, 0.3) is 11.1 Å². The van der Waals surface area contributed by atoms with Crippen LogP contribution in [0, 0.1) is 0 Å². The zero-order valence-electron chi connectivity index (χ0n) is 12.8. The molecule has 0 heterocycles. The second kappa shape index (κ2) is 5.81. The van der Waals surface area contributed by atoms with Crippen LogP contribution < -0.4 is 0 Å². The largest absolute Gasteiger partial charge is 0.0614 e. The van der Waals surface area contributed by atoms with Gasteiger partial charge in [0.05, 0.1) is 0 Å². The van der Waals surface area contributed by atoms with Crippen LogP contribution in [0.3, 0.4) is 0 Å². The fourth-order valence-electron chi connectivity index (χ4n) is 3.26. The quantitative estimate of drug-likeness (QED) is 0.530. The Morgan fingerprint density at radius 1 is 0.409 bits per heavy atom. The van der Waals surface area contributed by atoms with Crippen LogP contribution in [0.2, 0.25) is 0 Å². The molecular formula is C22H20. The summed E-state index contributed by atoms with van der Waals surface area (Å²) in [5.41, 5.74) is 8.39. The van der Waals surface area contributed by atoms with E-state index in [1.54, 1.807) is 0 Å². The number of benzene rings is 3. The van der Waals surface area contributed by atoms with E-state index in [4.69, 9.17) is 0 Å². The maximum absolute atomic E-state index is 2.35. The van der Waals surface area contributed by atoms with Crippen molar-refractivity contribution in [1.29, 1.82) is 0 Å². The van der Waals surface area contributed by atoms with Crippen LogP contribution in [-0.2, 0) is 25.7 Å². The van der Waals surface area contributed by atoms with Crippen molar-refractivity contribution in [3.8, 4) is 11.1 Å². The van der Waals surface area contributed by atoms with Gasteiger partial charge in [0, 0.05) is 0 Å². The average Bonchev–Trinajstić information content (AvgIpc) is 2.59. The monoisotopic (exact) mass is 284 g/mol. The fourth-order valence-corrected chi connectivity index (χ4v) is 3.26. The molecule has 3 aromatic rings. The Balaban J connectivity index is 1.79. The van der Waals surface area contributed by atoms with Crippen LogP contribution in [0.1, 0.15) is 22.3 Å². The van der Waals surface area contributed by atoms with E-state index in [1.165, 1.54) is 33.4 Å². The lowest BCUT2D eigenvalue weighted by Crippen LogP contribution is -1.96. The third-order valence-electron chi connectivity index (χ3n) is 4.61. The van der Waals surface area contributed by atoms with Crippen molar-refractivity contribution in [1.82, 2.24) is 0 Å². The van der Waals surface area contributed by atoms with Crippen LogP contribution in [0.5, 0.6) is 0 Å². The normalized spacial score (nSPS) is 13.6. The molecule has 0 aliphatic heterocycles. The van der Waals surface area contributed by atoms with E-state index in [1.807, 2.05) is 0 Å². The Morgan fingerprint density at radius 3 is 1.27 bits per heavy atom. The standard InChI is InChI=1S/C22H20/c1-3-19-13-11-17-7-9-18(10-8-17)12-14-20-4-2-6-22(16-20)21(5-1)15-19/h1-10,15-16H,11-14H2. The van der Waals surface area contributed by atoms with Gasteiger partial charge in [0.25, 0.3) is 0 Å². The molecule has 5 rings (SSSR count). The smallest absolute Gasteiger partial charge is 0.0181 e. The van der Waals surface area contributed by atoms with Gasteiger partial charge >= 0.3 is 0 Å². The molecule has 0 spiro atoms. The third-order valence-corrected chi connectivity index (χ3v) is 4.61. The van der Waals surface area contributed by atoms with Crippen molar-refractivity contribution in [2.24, 2.45) is 0 Å². The predicted molar refractivity (Wildman–Crippen MR) is 93.1 cm³/mol. The lowest BCUT2D eigenvalue weighted by atomic mass is 9.95. The molecule has 2 aliphatic carbocycles. The minimum absolute atomic E-state index is 1.10. The molecule has 0 unspecified atom stereocenters. The number of hydrogen-bond donors (Lipinski definition) is 0. The van der Waals surface area contributed by atoms with Crippen molar-refractivity contribution in [3.05, 3.63) is 95.1 Å². The van der Waals surface area contributed by atoms with Crippen LogP contribution in [-0.4, -0.2) is 0 Å². The molecule has 3 aromatic carbocycles. The minimum Gasteiger partial charge on any atom is -0.0614 e. The SMILES string of the molecule is c1cc2cc(c1)-c1cccc(c1)CCc1ccc(cc1)CC2. The fraction of sp³-hybridized carbons (Fsp3) is 0.182. The predicted octanol–water partition coefficient (Wildman–Crippen LogP) is 5.24. The van der Waals surface area contributed by atoms with Crippen molar-refractivity contribution in [2.75, 3.05) is 0 Å². The van der Waals surface area contributed by atoms with Gasteiger partial charge in [-0.15, -0.1) is 0 Å². The van der Waals surface area contributed by atoms with Gasteiger partial charge in [0.1, 0.15) is 0 Å². The molecule has 2 aliphatic rings. The van der Waals surface area contributed by atoms with Gasteiger partial charge in [0.2, 0.25) is 0 Å². The third kappa shape index (κ3) is 2.82. The highest BCUT2D eigenvalue weighted by Gasteiger charge is 2.04. The molecule has 22 heavy (non-hydrogen) atoms. The molecule has 0 saturated heterocycles. The highest BCUT2D eigenvalue weighted by atomic mass is 14.1. The summed E-state index contributed by atoms with van der Waals surface area (Å²) >= 11 is 0. The molecule has 0 heteroatoms. The van der Waals surface area contributed by atoms with E-state index in [0.717, 1.165) is 25.7 Å². The van der Waals surface area contributed by atoms with E-state index in [9.17, 15) is 0 Å². The Hall–Kier alpha value is -2.34. The molecule has 0 aromatic heterocycles. The van der Waals surface area contributed by atoms with Crippen molar-refractivity contribution in [2.45, 2.75) is 25.7 Å². The maximum Gasteiger partial charge on any atom is -0.0181 e. The first-order chi connectivity index (χ1) is 10.9. The van der Waals surface area contributed by atoms with Gasteiger partial charge in [-0.25, -0.2) is 0 Å². The highest BCUT2D eigenvalue weighted by Crippen LogP contribution is 2.23. The zero-order chi connectivity index (χ0) is 14.8. The van der Waals surface area contributed by atoms with Gasteiger partial charge < -0.3 is 0 Å². The van der Waals surface area contributed by atoms with Gasteiger partial charge in [-0.3, -0.25) is 0 Å². The first kappa shape index (κ1) is 13.3. The Kier molecular flexibility index (Phi) is 3.52. The average molecular weight is 284 g/mol. The van der Waals surface area contributed by atoms with Gasteiger partial charge in [0.15, 0.2) is 0 Å². The van der Waals surface area contributed by atoms with Gasteiger partial charge in [-0.2, -0.15) is 0 Å². The lowest BCUT2D eigenvalue weighted by molar-refractivity contribution is 0.938. The summed E-state index contributed by atoms with van der Waals surface area (Å²) in [6.45, 7) is 0. The van der Waals surface area contributed by atoms with Crippen LogP contribution >= 0.6 is 0 Å². The zero-order valence-corrected chi connectivity index (χ0v) is 12.8. The molecule has 0 amide bonds. The molecule has 0 atom stereocenters. The van der Waals surface area contributed by atoms with E-state index in [0.29, 0.717) is 0 Å². The highest BCUT2D eigenvalue weighted by molar-refractivity contribution is 5.65. The first-order valence-electron chi connectivity index (χ1n) is 8.13. The minimum atomic E-state index is 1.10. The molecular weight excluding hydrogens is 264 g/mol. The first-order valence-corrected chi connectivity index (χ1v) is 8.13. The number of aryl methyl sites for hydroxylation is 4.